The van der Waals surface area contributed by atoms with Crippen LogP contribution in [0.4, 0.5) is 0 Å². The van der Waals surface area contributed by atoms with Gasteiger partial charge in [-0.15, -0.1) is 11.0 Å². The van der Waals surface area contributed by atoms with Gasteiger partial charge in [0.05, 0.1) is 5.75 Å². The van der Waals surface area contributed by atoms with Gasteiger partial charge < -0.3 is 5.84 Å². The molecule has 0 aromatic carbocycles. The van der Waals surface area contributed by atoms with Gasteiger partial charge in [0.2, 0.25) is 5.16 Å². The normalized spacial score (nSPS) is 9.00. The Balaban J connectivity index is 2.81. The molecule has 6 heteroatoms. The summed E-state index contributed by atoms with van der Waals surface area (Å²) in [5.74, 6) is 11.5. The Hall–Kier alpha value is -1.48. The molecule has 1 heterocycles. The quantitative estimate of drug-likeness (QED) is 0.391. The first kappa shape index (κ1) is 9.61. The maximum atomic E-state index is 11.0. The molecule has 0 aliphatic heterocycles. The Morgan fingerprint density at radius 2 is 2.54 bits per heavy atom. The molecule has 0 bridgehead atoms. The Morgan fingerprint density at radius 1 is 1.77 bits per heavy atom. The maximum absolute atomic E-state index is 11.0. The summed E-state index contributed by atoms with van der Waals surface area (Å²) in [4.78, 5) is 11.0. The van der Waals surface area contributed by atoms with Gasteiger partial charge in [0, 0.05) is 0 Å². The molecule has 68 valence electrons. The second kappa shape index (κ2) is 4.52. The van der Waals surface area contributed by atoms with Crippen LogP contribution in [0.3, 0.4) is 0 Å². The summed E-state index contributed by atoms with van der Waals surface area (Å²) in [5.41, 5.74) is -0.373. The summed E-state index contributed by atoms with van der Waals surface area (Å²) in [6.45, 7) is 1.74. The van der Waals surface area contributed by atoms with E-state index in [2.05, 4.69) is 22.0 Å². The fraction of sp³-hybridized carbons (Fsp3) is 0.286. The van der Waals surface area contributed by atoms with Crippen LogP contribution in [0.2, 0.25) is 0 Å². The lowest BCUT2D eigenvalue weighted by Crippen LogP contribution is -2.29. The third kappa shape index (κ3) is 2.49. The van der Waals surface area contributed by atoms with Gasteiger partial charge in [0.15, 0.2) is 0 Å². The Labute approximate surface area is 79.3 Å². The van der Waals surface area contributed by atoms with E-state index in [1.807, 2.05) is 0 Å². The van der Waals surface area contributed by atoms with Crippen LogP contribution < -0.4 is 11.4 Å². The third-order valence-electron chi connectivity index (χ3n) is 1.21. The molecule has 0 saturated carbocycles. The van der Waals surface area contributed by atoms with Crippen LogP contribution in [0, 0.1) is 11.8 Å². The van der Waals surface area contributed by atoms with Crippen LogP contribution in [0.1, 0.15) is 6.92 Å². The van der Waals surface area contributed by atoms with E-state index in [9.17, 15) is 4.79 Å². The molecule has 0 atom stereocenters. The number of nitrogens with two attached hydrogens (primary N) is 1. The van der Waals surface area contributed by atoms with Crippen molar-refractivity contribution in [3.8, 4) is 11.8 Å². The Morgan fingerprint density at radius 3 is 3.23 bits per heavy atom. The second-order valence-electron chi connectivity index (χ2n) is 2.05. The highest BCUT2D eigenvalue weighted by atomic mass is 32.2. The van der Waals surface area contributed by atoms with E-state index in [0.717, 1.165) is 10.9 Å². The summed E-state index contributed by atoms with van der Waals surface area (Å²) in [7, 11) is 0. The third-order valence-corrected chi connectivity index (χ3v) is 2.03. The van der Waals surface area contributed by atoms with Crippen molar-refractivity contribution in [1.82, 2.24) is 14.9 Å². The molecular formula is C7H8N4OS. The van der Waals surface area contributed by atoms with Crippen molar-refractivity contribution < 1.29 is 0 Å². The first-order valence-electron chi connectivity index (χ1n) is 3.48. The van der Waals surface area contributed by atoms with Gasteiger partial charge in [-0.1, -0.05) is 17.7 Å². The first-order chi connectivity index (χ1) is 6.25. The molecule has 5 nitrogen and oxygen atoms in total. The van der Waals surface area contributed by atoms with Gasteiger partial charge >= 0.3 is 0 Å². The standard InChI is InChI=1S/C7H8N4OS/c1-2-3-4-13-7-10-9-5-6(12)11(7)8/h5H,4,8H2,1H3. The van der Waals surface area contributed by atoms with Gasteiger partial charge in [-0.3, -0.25) is 4.79 Å². The summed E-state index contributed by atoms with van der Waals surface area (Å²) in [6, 6.07) is 0. The van der Waals surface area contributed by atoms with E-state index >= 15 is 0 Å². The number of aromatic nitrogens is 3. The van der Waals surface area contributed by atoms with Crippen LogP contribution in [0.15, 0.2) is 16.1 Å². The van der Waals surface area contributed by atoms with Crippen molar-refractivity contribution in [2.75, 3.05) is 11.6 Å². The number of hydrogen-bond acceptors (Lipinski definition) is 5. The Kier molecular flexibility index (Phi) is 3.34. The molecule has 0 aliphatic carbocycles. The van der Waals surface area contributed by atoms with Crippen LogP contribution in [-0.4, -0.2) is 20.6 Å². The van der Waals surface area contributed by atoms with E-state index in [-0.39, 0.29) is 5.56 Å². The van der Waals surface area contributed by atoms with Crippen molar-refractivity contribution in [3.63, 3.8) is 0 Å². The number of nitrogen functional groups attached to an aromatic ring is 1. The first-order valence-corrected chi connectivity index (χ1v) is 4.46. The largest absolute Gasteiger partial charge is 0.334 e. The minimum Gasteiger partial charge on any atom is -0.334 e. The molecule has 0 radical (unpaired) electrons. The summed E-state index contributed by atoms with van der Waals surface area (Å²) in [6.07, 6.45) is 1.07. The zero-order valence-corrected chi connectivity index (χ0v) is 7.84. The second-order valence-corrected chi connectivity index (χ2v) is 2.99. The minimum atomic E-state index is -0.373. The summed E-state index contributed by atoms with van der Waals surface area (Å²) in [5, 5.41) is 7.56. The monoisotopic (exact) mass is 196 g/mol. The van der Waals surface area contributed by atoms with E-state index in [1.54, 1.807) is 6.92 Å². The van der Waals surface area contributed by atoms with Gasteiger partial charge in [-0.25, -0.2) is 0 Å². The molecule has 2 N–H and O–H groups in total. The van der Waals surface area contributed by atoms with Crippen LogP contribution in [0.5, 0.6) is 0 Å². The van der Waals surface area contributed by atoms with Crippen molar-refractivity contribution >= 4 is 11.8 Å². The van der Waals surface area contributed by atoms with Crippen LogP contribution >= 0.6 is 11.8 Å². The Bertz CT molecular complexity index is 403. The molecule has 1 rings (SSSR count). The lowest BCUT2D eigenvalue weighted by atomic mass is 10.7. The van der Waals surface area contributed by atoms with Crippen molar-refractivity contribution in [1.29, 1.82) is 0 Å². The summed E-state index contributed by atoms with van der Waals surface area (Å²) < 4.78 is 0.953. The predicted molar refractivity (Wildman–Crippen MR) is 50.6 cm³/mol. The average molecular weight is 196 g/mol. The van der Waals surface area contributed by atoms with E-state index < -0.39 is 0 Å². The zero-order valence-electron chi connectivity index (χ0n) is 7.02. The highest BCUT2D eigenvalue weighted by Gasteiger charge is 2.01. The number of nitrogens with zero attached hydrogens (tertiary/aromatic N) is 3. The molecular weight excluding hydrogens is 188 g/mol. The number of hydrogen-bond donors (Lipinski definition) is 1. The summed E-state index contributed by atoms with van der Waals surface area (Å²) >= 11 is 1.28. The molecule has 0 spiro atoms. The smallest absolute Gasteiger partial charge is 0.291 e. The zero-order chi connectivity index (χ0) is 9.68. The minimum absolute atomic E-state index is 0.371. The topological polar surface area (TPSA) is 73.8 Å². The van der Waals surface area contributed by atoms with Crippen LogP contribution in [0.25, 0.3) is 0 Å². The van der Waals surface area contributed by atoms with E-state index in [4.69, 9.17) is 5.84 Å². The molecule has 13 heavy (non-hydrogen) atoms. The molecule has 0 saturated heterocycles. The average Bonchev–Trinajstić information content (AvgIpc) is 2.13. The maximum Gasteiger partial charge on any atom is 0.291 e. The fourth-order valence-corrected chi connectivity index (χ4v) is 1.28. The van der Waals surface area contributed by atoms with E-state index in [0.29, 0.717) is 10.9 Å². The van der Waals surface area contributed by atoms with Gasteiger partial charge in [0.25, 0.3) is 5.56 Å². The van der Waals surface area contributed by atoms with Crippen molar-refractivity contribution in [2.24, 2.45) is 0 Å². The van der Waals surface area contributed by atoms with Crippen LogP contribution in [-0.2, 0) is 0 Å². The number of thioether (sulfide) groups is 1. The molecule has 0 fully saturated rings. The highest BCUT2D eigenvalue weighted by molar-refractivity contribution is 7.99. The van der Waals surface area contributed by atoms with Crippen molar-refractivity contribution in [3.05, 3.63) is 16.6 Å². The molecule has 0 aliphatic rings. The van der Waals surface area contributed by atoms with Gasteiger partial charge in [-0.05, 0) is 6.92 Å². The lowest BCUT2D eigenvalue weighted by Gasteiger charge is -2.00. The molecule has 0 unspecified atom stereocenters. The van der Waals surface area contributed by atoms with Gasteiger partial charge in [-0.2, -0.15) is 9.77 Å². The van der Waals surface area contributed by atoms with Crippen molar-refractivity contribution in [2.45, 2.75) is 12.1 Å². The van der Waals surface area contributed by atoms with E-state index in [1.165, 1.54) is 11.8 Å². The lowest BCUT2D eigenvalue weighted by molar-refractivity contribution is 0.699. The molecule has 0 amide bonds. The highest BCUT2D eigenvalue weighted by Crippen LogP contribution is 2.08. The molecule has 1 aromatic rings. The van der Waals surface area contributed by atoms with Gasteiger partial charge in [0.1, 0.15) is 6.20 Å². The molecule has 1 aromatic heterocycles. The predicted octanol–water partition coefficient (Wildman–Crippen LogP) is -0.532. The number of rotatable bonds is 2. The SMILES string of the molecule is CC#CCSc1nncc(=O)n1N. The fourth-order valence-electron chi connectivity index (χ4n) is 0.604.